The first kappa shape index (κ1) is 12.4. The topological polar surface area (TPSA) is 57.2 Å². The van der Waals surface area contributed by atoms with Crippen molar-refractivity contribution in [2.45, 2.75) is 26.4 Å². The second-order valence-electron chi connectivity index (χ2n) is 4.83. The van der Waals surface area contributed by atoms with Crippen LogP contribution in [0.25, 0.3) is 0 Å². The molecule has 6 heteroatoms. The van der Waals surface area contributed by atoms with Crippen LogP contribution in [0.1, 0.15) is 20.8 Å². The van der Waals surface area contributed by atoms with Crippen molar-refractivity contribution in [1.82, 2.24) is 10.5 Å². The molecular formula is C12H16N4O2. The lowest BCUT2D eigenvalue weighted by Crippen LogP contribution is -2.46. The van der Waals surface area contributed by atoms with Gasteiger partial charge in [0.15, 0.2) is 0 Å². The van der Waals surface area contributed by atoms with Crippen LogP contribution in [0.5, 0.6) is 0 Å². The zero-order chi connectivity index (χ0) is 13.2. The van der Waals surface area contributed by atoms with E-state index in [4.69, 9.17) is 4.74 Å². The van der Waals surface area contributed by atoms with E-state index in [-0.39, 0.29) is 0 Å². The minimum Gasteiger partial charge on any atom is -0.442 e. The lowest BCUT2D eigenvalue weighted by Gasteiger charge is -2.23. The van der Waals surface area contributed by atoms with Gasteiger partial charge >= 0.3 is 6.09 Å². The third-order valence-corrected chi connectivity index (χ3v) is 2.08. The number of nitrogens with zero attached hydrogens (tertiary/aromatic N) is 3. The number of rotatable bonds is 1. The summed E-state index contributed by atoms with van der Waals surface area (Å²) in [4.78, 5) is 11.8. The number of hydrazine groups is 2. The summed E-state index contributed by atoms with van der Waals surface area (Å²) < 4.78 is 5.21. The third kappa shape index (κ3) is 2.98. The van der Waals surface area contributed by atoms with Crippen LogP contribution >= 0.6 is 0 Å². The van der Waals surface area contributed by atoms with Gasteiger partial charge in [-0.1, -0.05) is 18.2 Å². The summed E-state index contributed by atoms with van der Waals surface area (Å²) in [5.41, 5.74) is 3.10. The molecule has 96 valence electrons. The Morgan fingerprint density at radius 1 is 1.28 bits per heavy atom. The maximum absolute atomic E-state index is 11.8. The molecule has 0 bridgehead atoms. The Balaban J connectivity index is 1.98. The van der Waals surface area contributed by atoms with Crippen molar-refractivity contribution < 1.29 is 9.53 Å². The summed E-state index contributed by atoms with van der Waals surface area (Å²) in [5.74, 6) is 0. The molecular weight excluding hydrogens is 232 g/mol. The molecule has 0 radical (unpaired) electrons. The third-order valence-electron chi connectivity index (χ3n) is 2.08. The van der Waals surface area contributed by atoms with E-state index in [1.807, 2.05) is 51.1 Å². The lowest BCUT2D eigenvalue weighted by molar-refractivity contribution is 0.0319. The van der Waals surface area contributed by atoms with Gasteiger partial charge in [0.1, 0.15) is 11.9 Å². The van der Waals surface area contributed by atoms with Crippen LogP contribution in [0.2, 0.25) is 0 Å². The predicted octanol–water partition coefficient (Wildman–Crippen LogP) is 2.11. The summed E-state index contributed by atoms with van der Waals surface area (Å²) in [7, 11) is 0. The summed E-state index contributed by atoms with van der Waals surface area (Å²) in [6, 6.07) is 9.45. The molecule has 1 amide bonds. The fourth-order valence-corrected chi connectivity index (χ4v) is 1.35. The minimum atomic E-state index is -0.535. The van der Waals surface area contributed by atoms with E-state index in [9.17, 15) is 4.79 Å². The molecule has 1 heterocycles. The van der Waals surface area contributed by atoms with Crippen LogP contribution in [-0.4, -0.2) is 23.0 Å². The number of ether oxygens (including phenoxy) is 1. The summed E-state index contributed by atoms with van der Waals surface area (Å²) in [5, 5.41) is 6.74. The van der Waals surface area contributed by atoms with Gasteiger partial charge < -0.3 is 4.74 Å². The molecule has 0 fully saturated rings. The molecule has 1 aromatic carbocycles. The highest BCUT2D eigenvalue weighted by molar-refractivity contribution is 5.83. The predicted molar refractivity (Wildman–Crippen MR) is 68.6 cm³/mol. The number of benzene rings is 1. The molecule has 1 N–H and O–H groups in total. The molecule has 0 unspecified atom stereocenters. The molecule has 0 aromatic heterocycles. The second kappa shape index (κ2) is 4.66. The molecule has 1 aliphatic rings. The van der Waals surface area contributed by atoms with Crippen molar-refractivity contribution in [1.29, 1.82) is 0 Å². The fourth-order valence-electron chi connectivity index (χ4n) is 1.35. The van der Waals surface area contributed by atoms with E-state index in [2.05, 4.69) is 10.6 Å². The Hall–Kier alpha value is -2.08. The number of nitrogens with one attached hydrogen (secondary N) is 1. The summed E-state index contributed by atoms with van der Waals surface area (Å²) >= 11 is 0. The molecule has 0 spiro atoms. The quantitative estimate of drug-likeness (QED) is 0.827. The average molecular weight is 248 g/mol. The van der Waals surface area contributed by atoms with E-state index in [0.29, 0.717) is 0 Å². The lowest BCUT2D eigenvalue weighted by atomic mass is 10.2. The van der Waals surface area contributed by atoms with Crippen LogP contribution in [0.15, 0.2) is 35.4 Å². The average Bonchev–Trinajstić information content (AvgIpc) is 2.77. The highest BCUT2D eigenvalue weighted by Gasteiger charge is 2.26. The number of anilines is 1. The maximum atomic E-state index is 11.8. The first-order valence-corrected chi connectivity index (χ1v) is 5.63. The summed E-state index contributed by atoms with van der Waals surface area (Å²) in [6.07, 6.45) is 0.880. The number of para-hydroxylation sites is 1. The largest absolute Gasteiger partial charge is 0.442 e. The minimum absolute atomic E-state index is 0.496. The molecule has 6 nitrogen and oxygen atoms in total. The van der Waals surface area contributed by atoms with Gasteiger partial charge in [-0.05, 0) is 32.9 Å². The molecule has 1 aromatic rings. The SMILES string of the molecule is CC(C)(C)OC(=O)N1C=NN(c2ccccc2)N1. The highest BCUT2D eigenvalue weighted by atomic mass is 16.6. The standard InChI is InChI=1S/C12H16N4O2/c1-12(2,3)18-11(17)15-9-13-16(14-15)10-7-5-4-6-8-10/h4-9,14H,1-3H3. The number of amides is 1. The first-order chi connectivity index (χ1) is 8.46. The smallest absolute Gasteiger partial charge is 0.432 e. The van der Waals surface area contributed by atoms with E-state index >= 15 is 0 Å². The van der Waals surface area contributed by atoms with Gasteiger partial charge in [0.2, 0.25) is 0 Å². The van der Waals surface area contributed by atoms with Crippen LogP contribution in [0, 0.1) is 0 Å². The molecule has 1 aliphatic heterocycles. The van der Waals surface area contributed by atoms with Crippen LogP contribution in [-0.2, 0) is 4.74 Å². The first-order valence-electron chi connectivity index (χ1n) is 5.63. The maximum Gasteiger partial charge on any atom is 0.432 e. The van der Waals surface area contributed by atoms with Crippen molar-refractivity contribution in [2.24, 2.45) is 5.10 Å². The Morgan fingerprint density at radius 2 is 1.94 bits per heavy atom. The summed E-state index contributed by atoms with van der Waals surface area (Å²) in [6.45, 7) is 5.44. The number of carbonyl (C=O) groups is 1. The Bertz CT molecular complexity index is 453. The Morgan fingerprint density at radius 3 is 2.56 bits per heavy atom. The van der Waals surface area contributed by atoms with E-state index in [1.165, 1.54) is 16.5 Å². The Kier molecular flexibility index (Phi) is 3.20. The van der Waals surface area contributed by atoms with E-state index in [0.717, 1.165) is 5.69 Å². The Labute approximate surface area is 106 Å². The van der Waals surface area contributed by atoms with Gasteiger partial charge in [-0.25, -0.2) is 4.79 Å². The molecule has 0 aliphatic carbocycles. The molecule has 0 saturated heterocycles. The van der Waals surface area contributed by atoms with Gasteiger partial charge in [0.25, 0.3) is 0 Å². The van der Waals surface area contributed by atoms with Crippen molar-refractivity contribution in [2.75, 3.05) is 5.12 Å². The van der Waals surface area contributed by atoms with Crippen LogP contribution in [0.3, 0.4) is 0 Å². The second-order valence-corrected chi connectivity index (χ2v) is 4.83. The van der Waals surface area contributed by atoms with Crippen molar-refractivity contribution in [3.05, 3.63) is 30.3 Å². The zero-order valence-corrected chi connectivity index (χ0v) is 10.6. The fraction of sp³-hybridized carbons (Fsp3) is 0.333. The number of hydrogen-bond donors (Lipinski definition) is 1. The van der Waals surface area contributed by atoms with Crippen molar-refractivity contribution >= 4 is 18.1 Å². The highest BCUT2D eigenvalue weighted by Crippen LogP contribution is 2.15. The van der Waals surface area contributed by atoms with Crippen molar-refractivity contribution in [3.63, 3.8) is 0 Å². The normalized spacial score (nSPS) is 15.1. The van der Waals surface area contributed by atoms with Gasteiger partial charge in [0.05, 0.1) is 5.69 Å². The molecule has 0 atom stereocenters. The van der Waals surface area contributed by atoms with Crippen LogP contribution in [0.4, 0.5) is 10.5 Å². The number of carbonyl (C=O) groups excluding carboxylic acids is 1. The van der Waals surface area contributed by atoms with Gasteiger partial charge in [-0.3, -0.25) is 0 Å². The molecule has 2 rings (SSSR count). The molecule has 18 heavy (non-hydrogen) atoms. The van der Waals surface area contributed by atoms with E-state index in [1.54, 1.807) is 0 Å². The van der Waals surface area contributed by atoms with Gasteiger partial charge in [0, 0.05) is 0 Å². The van der Waals surface area contributed by atoms with E-state index < -0.39 is 11.7 Å². The van der Waals surface area contributed by atoms with Gasteiger partial charge in [-0.2, -0.15) is 10.1 Å². The number of hydrogen-bond acceptors (Lipinski definition) is 5. The van der Waals surface area contributed by atoms with Crippen molar-refractivity contribution in [3.8, 4) is 0 Å². The van der Waals surface area contributed by atoms with Gasteiger partial charge in [-0.15, -0.1) is 10.6 Å². The van der Waals surface area contributed by atoms with Crippen LogP contribution < -0.4 is 10.7 Å². The monoisotopic (exact) mass is 248 g/mol. The number of hydrazone groups is 1. The zero-order valence-electron chi connectivity index (χ0n) is 10.6. The molecule has 0 saturated carbocycles.